The van der Waals surface area contributed by atoms with Crippen LogP contribution in [0.5, 0.6) is 5.75 Å². The number of hydrogen-bond donors (Lipinski definition) is 1. The number of alkyl halides is 3. The van der Waals surface area contributed by atoms with E-state index in [2.05, 4.69) is 15.5 Å². The second kappa shape index (κ2) is 8.86. The van der Waals surface area contributed by atoms with Gasteiger partial charge in [0.25, 0.3) is 11.6 Å². The topological polar surface area (TPSA) is 136 Å². The zero-order valence-electron chi connectivity index (χ0n) is 16.0. The molecule has 0 unspecified atom stereocenters. The van der Waals surface area contributed by atoms with E-state index in [-0.39, 0.29) is 22.8 Å². The predicted molar refractivity (Wildman–Crippen MR) is 106 cm³/mol. The molecular formula is C18H11F3N6O4S. The molecule has 0 fully saturated rings. The summed E-state index contributed by atoms with van der Waals surface area (Å²) in [6.45, 7) is 0. The molecule has 32 heavy (non-hydrogen) atoms. The van der Waals surface area contributed by atoms with Crippen molar-refractivity contribution < 1.29 is 27.6 Å². The van der Waals surface area contributed by atoms with Crippen LogP contribution in [-0.4, -0.2) is 32.7 Å². The molecule has 2 aromatic heterocycles. The van der Waals surface area contributed by atoms with Gasteiger partial charge in [-0.05, 0) is 24.3 Å². The van der Waals surface area contributed by atoms with E-state index in [1.165, 1.54) is 36.0 Å². The van der Waals surface area contributed by atoms with E-state index in [1.807, 2.05) is 0 Å². The minimum Gasteiger partial charge on any atom is -0.494 e. The highest BCUT2D eigenvalue weighted by Crippen LogP contribution is 2.33. The Morgan fingerprint density at radius 1 is 1.38 bits per heavy atom. The number of amides is 1. The van der Waals surface area contributed by atoms with Crippen LogP contribution in [0.4, 0.5) is 24.0 Å². The fourth-order valence-corrected chi connectivity index (χ4v) is 3.17. The van der Waals surface area contributed by atoms with Crippen LogP contribution in [0.1, 0.15) is 10.7 Å². The first-order valence-corrected chi connectivity index (χ1v) is 9.29. The number of nitro benzene ring substituents is 1. The number of aromatic nitrogens is 3. The molecule has 0 aliphatic rings. The smallest absolute Gasteiger partial charge is 0.445 e. The molecule has 0 aliphatic carbocycles. The fraction of sp³-hybridized carbons (Fsp3) is 0.111. The number of methoxy groups -OCH3 is 1. The second-order valence-corrected chi connectivity index (χ2v) is 6.93. The number of nitrogens with one attached hydrogen (secondary N) is 1. The Bertz CT molecular complexity index is 1260. The molecule has 0 spiro atoms. The number of hydrogen-bond acceptors (Lipinski definition) is 8. The van der Waals surface area contributed by atoms with Crippen molar-refractivity contribution in [2.24, 2.45) is 0 Å². The summed E-state index contributed by atoms with van der Waals surface area (Å²) in [4.78, 5) is 22.8. The van der Waals surface area contributed by atoms with Crippen molar-refractivity contribution in [3.05, 3.63) is 62.9 Å². The average molecular weight is 464 g/mol. The third-order valence-electron chi connectivity index (χ3n) is 3.96. The Labute approximate surface area is 181 Å². The van der Waals surface area contributed by atoms with Crippen molar-refractivity contribution in [3.8, 4) is 17.5 Å². The Kier molecular flexibility index (Phi) is 6.21. The molecule has 14 heteroatoms. The number of nitro groups is 1. The molecular weight excluding hydrogens is 453 g/mol. The van der Waals surface area contributed by atoms with E-state index in [0.29, 0.717) is 11.4 Å². The lowest BCUT2D eigenvalue weighted by molar-refractivity contribution is -0.384. The Hall–Kier alpha value is -4.25. The summed E-state index contributed by atoms with van der Waals surface area (Å²) < 4.78 is 44.6. The number of ether oxygens (including phenoxy) is 1. The van der Waals surface area contributed by atoms with Crippen LogP contribution in [0.3, 0.4) is 0 Å². The summed E-state index contributed by atoms with van der Waals surface area (Å²) in [5.41, 5.74) is 0.111. The SMILES string of the molecule is COc1cc([N+](=O)[O-])ccc1-n1cccc1C=C(C#N)C(=O)Nc1nnc(C(F)(F)F)s1. The van der Waals surface area contributed by atoms with Crippen molar-refractivity contribution in [1.82, 2.24) is 14.8 Å². The van der Waals surface area contributed by atoms with Crippen LogP contribution in [-0.2, 0) is 11.0 Å². The number of nitrogens with zero attached hydrogens (tertiary/aromatic N) is 5. The lowest BCUT2D eigenvalue weighted by Gasteiger charge is -2.12. The maximum Gasteiger partial charge on any atom is 0.445 e. The van der Waals surface area contributed by atoms with Gasteiger partial charge in [0.2, 0.25) is 10.1 Å². The third-order valence-corrected chi connectivity index (χ3v) is 4.84. The van der Waals surface area contributed by atoms with Gasteiger partial charge in [-0.1, -0.05) is 11.3 Å². The van der Waals surface area contributed by atoms with Crippen molar-refractivity contribution in [2.45, 2.75) is 6.18 Å². The minimum atomic E-state index is -4.71. The molecule has 0 bridgehead atoms. The van der Waals surface area contributed by atoms with Crippen LogP contribution in [0.2, 0.25) is 0 Å². The molecule has 0 aliphatic heterocycles. The molecule has 10 nitrogen and oxygen atoms in total. The van der Waals surface area contributed by atoms with Crippen LogP contribution in [0, 0.1) is 21.4 Å². The lowest BCUT2D eigenvalue weighted by Crippen LogP contribution is -2.13. The van der Waals surface area contributed by atoms with E-state index in [1.54, 1.807) is 24.4 Å². The fourth-order valence-electron chi connectivity index (χ4n) is 2.56. The maximum absolute atomic E-state index is 12.6. The highest BCUT2D eigenvalue weighted by molar-refractivity contribution is 7.15. The highest BCUT2D eigenvalue weighted by atomic mass is 32.1. The van der Waals surface area contributed by atoms with Gasteiger partial charge in [0.15, 0.2) is 0 Å². The number of non-ortho nitro benzene ring substituents is 1. The first-order chi connectivity index (χ1) is 15.1. The molecule has 1 amide bonds. The van der Waals surface area contributed by atoms with Gasteiger partial charge in [-0.25, -0.2) is 0 Å². The number of carbonyl (C=O) groups is 1. The minimum absolute atomic E-state index is 0.120. The van der Waals surface area contributed by atoms with Gasteiger partial charge in [-0.2, -0.15) is 18.4 Å². The third kappa shape index (κ3) is 4.73. The number of benzene rings is 1. The van der Waals surface area contributed by atoms with Gasteiger partial charge in [-0.15, -0.1) is 10.2 Å². The van der Waals surface area contributed by atoms with Crippen LogP contribution < -0.4 is 10.1 Å². The van der Waals surface area contributed by atoms with Crippen molar-refractivity contribution in [2.75, 3.05) is 12.4 Å². The van der Waals surface area contributed by atoms with Gasteiger partial charge in [0.1, 0.15) is 17.4 Å². The van der Waals surface area contributed by atoms with Gasteiger partial charge in [-0.3, -0.25) is 20.2 Å². The normalized spacial score (nSPS) is 11.7. The second-order valence-electron chi connectivity index (χ2n) is 5.95. The summed E-state index contributed by atoms with van der Waals surface area (Å²) in [5, 5.41) is 27.0. The molecule has 0 radical (unpaired) electrons. The summed E-state index contributed by atoms with van der Waals surface area (Å²) in [6, 6.07) is 8.74. The van der Waals surface area contributed by atoms with Crippen LogP contribution in [0.15, 0.2) is 42.1 Å². The summed E-state index contributed by atoms with van der Waals surface area (Å²) in [7, 11) is 1.33. The summed E-state index contributed by atoms with van der Waals surface area (Å²) in [6.07, 6.45) is -1.94. The number of rotatable bonds is 6. The van der Waals surface area contributed by atoms with Gasteiger partial charge < -0.3 is 9.30 Å². The van der Waals surface area contributed by atoms with Crippen molar-refractivity contribution in [1.29, 1.82) is 5.26 Å². The van der Waals surface area contributed by atoms with E-state index >= 15 is 0 Å². The number of halogens is 3. The van der Waals surface area contributed by atoms with E-state index in [4.69, 9.17) is 4.74 Å². The highest BCUT2D eigenvalue weighted by Gasteiger charge is 2.36. The van der Waals surface area contributed by atoms with Crippen LogP contribution in [0.25, 0.3) is 11.8 Å². The largest absolute Gasteiger partial charge is 0.494 e. The molecule has 0 atom stereocenters. The van der Waals surface area contributed by atoms with E-state index in [0.717, 1.165) is 0 Å². The molecule has 3 aromatic rings. The Balaban J connectivity index is 1.91. The molecule has 1 N–H and O–H groups in total. The zero-order valence-corrected chi connectivity index (χ0v) is 16.8. The number of carbonyl (C=O) groups excluding carboxylic acids is 1. The van der Waals surface area contributed by atoms with Crippen LogP contribution >= 0.6 is 11.3 Å². The monoisotopic (exact) mass is 464 g/mol. The van der Waals surface area contributed by atoms with Crippen molar-refractivity contribution in [3.63, 3.8) is 0 Å². The van der Waals surface area contributed by atoms with Gasteiger partial charge >= 0.3 is 6.18 Å². The quantitative estimate of drug-likeness (QED) is 0.254. The Morgan fingerprint density at radius 3 is 2.72 bits per heavy atom. The average Bonchev–Trinajstić information content (AvgIpc) is 3.40. The maximum atomic E-state index is 12.6. The summed E-state index contributed by atoms with van der Waals surface area (Å²) in [5.74, 6) is -0.817. The lowest BCUT2D eigenvalue weighted by atomic mass is 10.2. The predicted octanol–water partition coefficient (Wildman–Crippen LogP) is 3.81. The van der Waals surface area contributed by atoms with E-state index in [9.17, 15) is 33.3 Å². The summed E-state index contributed by atoms with van der Waals surface area (Å²) >= 11 is 0.120. The number of nitriles is 1. The molecule has 0 saturated carbocycles. The molecule has 1 aromatic carbocycles. The molecule has 0 saturated heterocycles. The molecule has 3 rings (SSSR count). The van der Waals surface area contributed by atoms with Gasteiger partial charge in [0, 0.05) is 18.0 Å². The van der Waals surface area contributed by atoms with Gasteiger partial charge in [0.05, 0.1) is 23.8 Å². The number of anilines is 1. The first-order valence-electron chi connectivity index (χ1n) is 8.48. The molecule has 2 heterocycles. The van der Waals surface area contributed by atoms with Crippen molar-refractivity contribution >= 4 is 34.1 Å². The Morgan fingerprint density at radius 2 is 2.12 bits per heavy atom. The molecule has 164 valence electrons. The first kappa shape index (κ1) is 22.4. The zero-order chi connectivity index (χ0) is 23.5. The van der Waals surface area contributed by atoms with E-state index < -0.39 is 32.7 Å². The standard InChI is InChI=1S/C18H11F3N6O4S/c1-31-14-8-12(27(29)30)4-5-13(14)26-6-2-3-11(26)7-10(9-22)15(28)23-17-25-24-16(32-17)18(19,20)21/h2-8H,1H3,(H,23,25,28).